The van der Waals surface area contributed by atoms with Gasteiger partial charge in [-0.2, -0.15) is 0 Å². The molecular weight excluding hydrogens is 157 g/mol. The molecule has 0 spiro atoms. The van der Waals surface area contributed by atoms with Crippen LogP contribution in [0.1, 0.15) is 13.3 Å². The van der Waals surface area contributed by atoms with Crippen LogP contribution in [0.3, 0.4) is 0 Å². The molecule has 0 radical (unpaired) electrons. The predicted molar refractivity (Wildman–Crippen MR) is 47.4 cm³/mol. The van der Waals surface area contributed by atoms with Gasteiger partial charge in [-0.1, -0.05) is 6.92 Å². The third kappa shape index (κ3) is 2.08. The zero-order valence-electron chi connectivity index (χ0n) is 6.97. The summed E-state index contributed by atoms with van der Waals surface area (Å²) in [4.78, 5) is 3.80. The van der Waals surface area contributed by atoms with E-state index in [9.17, 15) is 4.39 Å². The summed E-state index contributed by atoms with van der Waals surface area (Å²) in [6.45, 7) is 2.72. The third-order valence-electron chi connectivity index (χ3n) is 1.40. The maximum atomic E-state index is 13.0. The molecule has 1 heterocycles. The van der Waals surface area contributed by atoms with E-state index < -0.39 is 5.82 Å². The summed E-state index contributed by atoms with van der Waals surface area (Å²) in [5.41, 5.74) is 5.67. The Morgan fingerprint density at radius 2 is 2.42 bits per heavy atom. The summed E-state index contributed by atoms with van der Waals surface area (Å²) in [5.74, 6) is -0.130. The third-order valence-corrected chi connectivity index (χ3v) is 1.40. The zero-order valence-corrected chi connectivity index (χ0v) is 6.97. The molecule has 0 aliphatic heterocycles. The van der Waals surface area contributed by atoms with Gasteiger partial charge in [0.05, 0.1) is 11.9 Å². The first-order valence-corrected chi connectivity index (χ1v) is 3.89. The second kappa shape index (κ2) is 3.90. The van der Waals surface area contributed by atoms with Crippen LogP contribution in [-0.4, -0.2) is 11.5 Å². The van der Waals surface area contributed by atoms with E-state index in [0.29, 0.717) is 12.2 Å². The van der Waals surface area contributed by atoms with Gasteiger partial charge in [-0.3, -0.25) is 0 Å². The Morgan fingerprint density at radius 1 is 1.67 bits per heavy atom. The number of nitrogen functional groups attached to an aromatic ring is 1. The predicted octanol–water partition coefficient (Wildman–Crippen LogP) is 1.62. The van der Waals surface area contributed by atoms with E-state index in [1.54, 1.807) is 0 Å². The minimum Gasteiger partial charge on any atom is -0.397 e. The summed E-state index contributed by atoms with van der Waals surface area (Å²) < 4.78 is 13.0. The molecule has 0 amide bonds. The largest absolute Gasteiger partial charge is 0.397 e. The van der Waals surface area contributed by atoms with E-state index in [0.717, 1.165) is 6.42 Å². The molecule has 1 aromatic heterocycles. The first-order chi connectivity index (χ1) is 5.74. The molecule has 3 nitrogen and oxygen atoms in total. The molecule has 0 aromatic carbocycles. The van der Waals surface area contributed by atoms with Crippen LogP contribution < -0.4 is 11.1 Å². The lowest BCUT2D eigenvalue weighted by molar-refractivity contribution is 0.625. The van der Waals surface area contributed by atoms with Crippen molar-refractivity contribution in [1.82, 2.24) is 4.98 Å². The van der Waals surface area contributed by atoms with Crippen LogP contribution in [0.4, 0.5) is 15.9 Å². The molecule has 0 aliphatic rings. The minimum atomic E-state index is -0.400. The second-order valence-electron chi connectivity index (χ2n) is 2.53. The molecule has 0 unspecified atom stereocenters. The van der Waals surface area contributed by atoms with Crippen molar-refractivity contribution in [2.24, 2.45) is 0 Å². The minimum absolute atomic E-state index is 0.269. The number of halogens is 1. The SMILES string of the molecule is CCCNc1ncc(N)cc1F. The Bertz CT molecular complexity index is 262. The lowest BCUT2D eigenvalue weighted by Gasteiger charge is -2.04. The van der Waals surface area contributed by atoms with Crippen molar-refractivity contribution in [3.63, 3.8) is 0 Å². The molecule has 66 valence electrons. The molecule has 1 aromatic rings. The lowest BCUT2D eigenvalue weighted by atomic mass is 10.4. The van der Waals surface area contributed by atoms with E-state index in [2.05, 4.69) is 10.3 Å². The van der Waals surface area contributed by atoms with Crippen molar-refractivity contribution in [2.75, 3.05) is 17.6 Å². The fraction of sp³-hybridized carbons (Fsp3) is 0.375. The molecule has 3 N–H and O–H groups in total. The van der Waals surface area contributed by atoms with Gasteiger partial charge >= 0.3 is 0 Å². The number of hydrogen-bond donors (Lipinski definition) is 2. The average molecular weight is 169 g/mol. The Kier molecular flexibility index (Phi) is 2.85. The van der Waals surface area contributed by atoms with Crippen molar-refractivity contribution < 1.29 is 4.39 Å². The average Bonchev–Trinajstić information content (AvgIpc) is 2.03. The highest BCUT2D eigenvalue weighted by atomic mass is 19.1. The van der Waals surface area contributed by atoms with Gasteiger partial charge in [0.25, 0.3) is 0 Å². The molecule has 0 atom stereocenters. The van der Waals surface area contributed by atoms with Crippen LogP contribution in [0, 0.1) is 5.82 Å². The Hall–Kier alpha value is -1.32. The van der Waals surface area contributed by atoms with Gasteiger partial charge in [0.1, 0.15) is 0 Å². The molecule has 0 saturated heterocycles. The van der Waals surface area contributed by atoms with Crippen LogP contribution in [0.25, 0.3) is 0 Å². The van der Waals surface area contributed by atoms with Crippen molar-refractivity contribution in [3.05, 3.63) is 18.1 Å². The van der Waals surface area contributed by atoms with Gasteiger partial charge in [0.2, 0.25) is 0 Å². The summed E-state index contributed by atoms with van der Waals surface area (Å²) >= 11 is 0. The van der Waals surface area contributed by atoms with Gasteiger partial charge < -0.3 is 11.1 Å². The number of nitrogens with one attached hydrogen (secondary N) is 1. The fourth-order valence-corrected chi connectivity index (χ4v) is 0.826. The van der Waals surface area contributed by atoms with Crippen LogP contribution in [-0.2, 0) is 0 Å². The van der Waals surface area contributed by atoms with E-state index in [1.807, 2.05) is 6.92 Å². The van der Waals surface area contributed by atoms with Gasteiger partial charge in [-0.25, -0.2) is 9.37 Å². The lowest BCUT2D eigenvalue weighted by Crippen LogP contribution is -2.04. The first-order valence-electron chi connectivity index (χ1n) is 3.89. The number of nitrogens with two attached hydrogens (primary N) is 1. The fourth-order valence-electron chi connectivity index (χ4n) is 0.826. The first kappa shape index (κ1) is 8.77. The molecule has 1 rings (SSSR count). The van der Waals surface area contributed by atoms with Crippen LogP contribution in [0.5, 0.6) is 0 Å². The topological polar surface area (TPSA) is 50.9 Å². The number of nitrogens with zero attached hydrogens (tertiary/aromatic N) is 1. The summed E-state index contributed by atoms with van der Waals surface area (Å²) in [6.07, 6.45) is 2.37. The highest BCUT2D eigenvalue weighted by molar-refractivity contribution is 5.45. The van der Waals surface area contributed by atoms with Gasteiger partial charge in [-0.15, -0.1) is 0 Å². The number of anilines is 2. The monoisotopic (exact) mass is 169 g/mol. The van der Waals surface area contributed by atoms with Crippen LogP contribution in [0.15, 0.2) is 12.3 Å². The van der Waals surface area contributed by atoms with Crippen LogP contribution in [0.2, 0.25) is 0 Å². The highest BCUT2D eigenvalue weighted by Crippen LogP contribution is 2.12. The number of hydrogen-bond acceptors (Lipinski definition) is 3. The van der Waals surface area contributed by atoms with Crippen molar-refractivity contribution in [1.29, 1.82) is 0 Å². The second-order valence-corrected chi connectivity index (χ2v) is 2.53. The molecule has 0 aliphatic carbocycles. The summed E-state index contributed by atoms with van der Waals surface area (Å²) in [7, 11) is 0. The summed E-state index contributed by atoms with van der Waals surface area (Å²) in [5, 5.41) is 2.85. The molecule has 12 heavy (non-hydrogen) atoms. The Balaban J connectivity index is 2.72. The van der Waals surface area contributed by atoms with Crippen molar-refractivity contribution in [2.45, 2.75) is 13.3 Å². The molecular formula is C8H12FN3. The normalized spacial score (nSPS) is 9.83. The molecule has 0 bridgehead atoms. The standard InChI is InChI=1S/C8H12FN3/c1-2-3-11-8-7(9)4-6(10)5-12-8/h4-5H,2-3,10H2,1H3,(H,11,12). The molecule has 0 saturated carbocycles. The highest BCUT2D eigenvalue weighted by Gasteiger charge is 2.01. The van der Waals surface area contributed by atoms with Gasteiger partial charge in [-0.05, 0) is 6.42 Å². The number of pyridine rings is 1. The number of aromatic nitrogens is 1. The smallest absolute Gasteiger partial charge is 0.167 e. The van der Waals surface area contributed by atoms with E-state index in [1.165, 1.54) is 12.3 Å². The van der Waals surface area contributed by atoms with E-state index in [4.69, 9.17) is 5.73 Å². The van der Waals surface area contributed by atoms with Gasteiger partial charge in [0, 0.05) is 12.6 Å². The zero-order chi connectivity index (χ0) is 8.97. The quantitative estimate of drug-likeness (QED) is 0.723. The maximum absolute atomic E-state index is 13.0. The van der Waals surface area contributed by atoms with Crippen molar-refractivity contribution in [3.8, 4) is 0 Å². The molecule has 0 fully saturated rings. The summed E-state index contributed by atoms with van der Waals surface area (Å²) in [6, 6.07) is 1.25. The Morgan fingerprint density at radius 3 is 3.00 bits per heavy atom. The van der Waals surface area contributed by atoms with Crippen LogP contribution >= 0.6 is 0 Å². The number of rotatable bonds is 3. The van der Waals surface area contributed by atoms with Gasteiger partial charge in [0.15, 0.2) is 11.6 Å². The molecule has 4 heteroatoms. The van der Waals surface area contributed by atoms with Crippen molar-refractivity contribution >= 4 is 11.5 Å². The van der Waals surface area contributed by atoms with E-state index in [-0.39, 0.29) is 5.82 Å². The Labute approximate surface area is 70.8 Å². The van der Waals surface area contributed by atoms with E-state index >= 15 is 0 Å². The maximum Gasteiger partial charge on any atom is 0.167 e.